The lowest BCUT2D eigenvalue weighted by Gasteiger charge is -2.40. The van der Waals surface area contributed by atoms with Crippen molar-refractivity contribution < 1.29 is 19.4 Å². The van der Waals surface area contributed by atoms with Crippen LogP contribution in [0, 0.1) is 12.3 Å². The Morgan fingerprint density at radius 2 is 1.67 bits per heavy atom. The first-order valence-electron chi connectivity index (χ1n) is 12.4. The fraction of sp³-hybridized carbons (Fsp3) is 0.680. The number of ether oxygens (including phenoxy) is 1. The zero-order valence-electron chi connectivity index (χ0n) is 20.3. The summed E-state index contributed by atoms with van der Waals surface area (Å²) in [5, 5.41) is 9.74. The third kappa shape index (κ3) is 4.68. The van der Waals surface area contributed by atoms with Gasteiger partial charge in [-0.1, -0.05) is 19.9 Å². The van der Waals surface area contributed by atoms with E-state index in [2.05, 4.69) is 39.8 Å². The van der Waals surface area contributed by atoms with Crippen LogP contribution in [0.2, 0.25) is 0 Å². The third-order valence-electron chi connectivity index (χ3n) is 7.89. The number of nitrogens with zero attached hydrogens (tertiary/aromatic N) is 4. The SMILES string of the molecule is CCC1(CC)C[C@H](CN2CCN(c3ccc(C)cc3N3CCOCC3)CC2)N(C(=O)O)C1=O. The summed E-state index contributed by atoms with van der Waals surface area (Å²) < 4.78 is 5.55. The number of hydrogen-bond acceptors (Lipinski definition) is 6. The van der Waals surface area contributed by atoms with Crippen molar-refractivity contribution in [2.45, 2.75) is 46.1 Å². The fourth-order valence-corrected chi connectivity index (χ4v) is 5.71. The van der Waals surface area contributed by atoms with Crippen molar-refractivity contribution in [2.24, 2.45) is 5.41 Å². The number of imide groups is 1. The monoisotopic (exact) mass is 458 g/mol. The summed E-state index contributed by atoms with van der Waals surface area (Å²) in [6.07, 6.45) is 0.898. The summed E-state index contributed by atoms with van der Waals surface area (Å²) in [5.41, 5.74) is 3.27. The van der Waals surface area contributed by atoms with E-state index in [1.165, 1.54) is 16.9 Å². The number of anilines is 2. The van der Waals surface area contributed by atoms with Gasteiger partial charge in [-0.3, -0.25) is 9.69 Å². The third-order valence-corrected chi connectivity index (χ3v) is 7.89. The van der Waals surface area contributed by atoms with Crippen molar-refractivity contribution in [3.8, 4) is 0 Å². The fourth-order valence-electron chi connectivity index (χ4n) is 5.71. The van der Waals surface area contributed by atoms with Crippen molar-refractivity contribution in [3.63, 3.8) is 0 Å². The number of aryl methyl sites for hydroxylation is 1. The average molecular weight is 459 g/mol. The highest BCUT2D eigenvalue weighted by molar-refractivity contribution is 5.97. The minimum absolute atomic E-state index is 0.210. The Kier molecular flexibility index (Phi) is 7.14. The van der Waals surface area contributed by atoms with E-state index in [1.54, 1.807) is 0 Å². The van der Waals surface area contributed by atoms with E-state index in [0.717, 1.165) is 57.4 Å². The van der Waals surface area contributed by atoms with Crippen LogP contribution in [0.15, 0.2) is 18.2 Å². The number of carboxylic acid groups (broad SMARTS) is 1. The molecule has 8 nitrogen and oxygen atoms in total. The number of morpholine rings is 1. The Labute approximate surface area is 197 Å². The molecule has 3 aliphatic heterocycles. The molecule has 0 saturated carbocycles. The number of carbonyl (C=O) groups is 2. The van der Waals surface area contributed by atoms with Crippen LogP contribution in [-0.4, -0.2) is 92.0 Å². The second-order valence-electron chi connectivity index (χ2n) is 9.68. The van der Waals surface area contributed by atoms with E-state index < -0.39 is 11.5 Å². The molecule has 1 aromatic rings. The molecule has 1 N–H and O–H groups in total. The number of hydrogen-bond donors (Lipinski definition) is 1. The molecule has 0 aliphatic carbocycles. The van der Waals surface area contributed by atoms with Crippen LogP contribution in [0.25, 0.3) is 0 Å². The number of amides is 2. The Hall–Kier alpha value is -2.32. The minimum Gasteiger partial charge on any atom is -0.465 e. The highest BCUT2D eigenvalue weighted by atomic mass is 16.5. The van der Waals surface area contributed by atoms with Gasteiger partial charge in [0.05, 0.1) is 36.0 Å². The van der Waals surface area contributed by atoms with E-state index in [1.807, 2.05) is 13.8 Å². The molecule has 3 aliphatic rings. The molecule has 3 heterocycles. The molecular weight excluding hydrogens is 420 g/mol. The van der Waals surface area contributed by atoms with Crippen molar-refractivity contribution >= 4 is 23.4 Å². The van der Waals surface area contributed by atoms with Crippen molar-refractivity contribution in [1.82, 2.24) is 9.80 Å². The summed E-state index contributed by atoms with van der Waals surface area (Å²) in [5.74, 6) is -0.210. The Balaban J connectivity index is 1.42. The Morgan fingerprint density at radius 1 is 1.03 bits per heavy atom. The number of piperazine rings is 1. The van der Waals surface area contributed by atoms with Gasteiger partial charge in [0.25, 0.3) is 0 Å². The zero-order valence-corrected chi connectivity index (χ0v) is 20.3. The second kappa shape index (κ2) is 9.89. The van der Waals surface area contributed by atoms with Crippen molar-refractivity contribution in [3.05, 3.63) is 23.8 Å². The van der Waals surface area contributed by atoms with Gasteiger partial charge in [-0.15, -0.1) is 0 Å². The van der Waals surface area contributed by atoms with Crippen molar-refractivity contribution in [1.29, 1.82) is 0 Å². The van der Waals surface area contributed by atoms with E-state index >= 15 is 0 Å². The minimum atomic E-state index is -1.11. The smallest absolute Gasteiger partial charge is 0.414 e. The maximum absolute atomic E-state index is 12.9. The van der Waals surface area contributed by atoms with Gasteiger partial charge in [0.2, 0.25) is 5.91 Å². The summed E-state index contributed by atoms with van der Waals surface area (Å²) in [6.45, 7) is 13.6. The molecule has 0 aromatic heterocycles. The van der Waals surface area contributed by atoms with E-state index in [-0.39, 0.29) is 11.9 Å². The predicted octanol–water partition coefficient (Wildman–Crippen LogP) is 3.04. The molecule has 3 fully saturated rings. The van der Waals surface area contributed by atoms with E-state index in [9.17, 15) is 14.7 Å². The lowest BCUT2D eigenvalue weighted by molar-refractivity contribution is -0.135. The van der Waals surface area contributed by atoms with Gasteiger partial charge in [0.15, 0.2) is 0 Å². The average Bonchev–Trinajstić information content (AvgIpc) is 3.11. The maximum Gasteiger partial charge on any atom is 0.414 e. The molecule has 0 unspecified atom stereocenters. The summed E-state index contributed by atoms with van der Waals surface area (Å²) in [4.78, 5) is 33.2. The van der Waals surface area contributed by atoms with E-state index in [4.69, 9.17) is 4.74 Å². The summed E-state index contributed by atoms with van der Waals surface area (Å²) >= 11 is 0. The number of rotatable bonds is 6. The normalized spacial score (nSPS) is 23.9. The first-order chi connectivity index (χ1) is 15.9. The van der Waals surface area contributed by atoms with Crippen LogP contribution in [0.5, 0.6) is 0 Å². The van der Waals surface area contributed by atoms with Crippen LogP contribution in [0.4, 0.5) is 16.2 Å². The van der Waals surface area contributed by atoms with Crippen LogP contribution < -0.4 is 9.80 Å². The first kappa shape index (κ1) is 23.8. The molecule has 182 valence electrons. The van der Waals surface area contributed by atoms with Crippen molar-refractivity contribution in [2.75, 3.05) is 68.8 Å². The summed E-state index contributed by atoms with van der Waals surface area (Å²) in [7, 11) is 0. The second-order valence-corrected chi connectivity index (χ2v) is 9.68. The molecule has 0 spiro atoms. The molecule has 2 amide bonds. The lowest BCUT2D eigenvalue weighted by Crippen LogP contribution is -2.52. The first-order valence-corrected chi connectivity index (χ1v) is 12.4. The van der Waals surface area contributed by atoms with Crippen LogP contribution in [0.3, 0.4) is 0 Å². The van der Waals surface area contributed by atoms with E-state index in [0.29, 0.717) is 25.8 Å². The van der Waals surface area contributed by atoms with Gasteiger partial charge in [0.1, 0.15) is 0 Å². The van der Waals surface area contributed by atoms with Crippen LogP contribution >= 0.6 is 0 Å². The Morgan fingerprint density at radius 3 is 2.27 bits per heavy atom. The molecule has 33 heavy (non-hydrogen) atoms. The molecule has 8 heteroatoms. The largest absolute Gasteiger partial charge is 0.465 e. The van der Waals surface area contributed by atoms with Gasteiger partial charge in [-0.2, -0.15) is 0 Å². The number of likely N-dealkylation sites (tertiary alicyclic amines) is 1. The Bertz CT molecular complexity index is 858. The maximum atomic E-state index is 12.9. The van der Waals surface area contributed by atoms with Crippen LogP contribution in [-0.2, 0) is 9.53 Å². The topological polar surface area (TPSA) is 76.6 Å². The number of benzene rings is 1. The highest BCUT2D eigenvalue weighted by Gasteiger charge is 2.52. The quantitative estimate of drug-likeness (QED) is 0.702. The molecule has 0 bridgehead atoms. The highest BCUT2D eigenvalue weighted by Crippen LogP contribution is 2.42. The molecule has 1 atom stereocenters. The standard InChI is InChI=1S/C25H38N4O4/c1-4-25(5-2)17-20(29(23(25)30)24(31)32)18-26-8-10-27(11-9-26)21-7-6-19(3)16-22(21)28-12-14-33-15-13-28/h6-7,16,20H,4-5,8-15,17-18H2,1-3H3,(H,31,32)/t20-/m1/s1. The molecule has 4 rings (SSSR count). The molecule has 3 saturated heterocycles. The zero-order chi connectivity index (χ0) is 23.6. The molecule has 0 radical (unpaired) electrons. The predicted molar refractivity (Wildman–Crippen MR) is 129 cm³/mol. The van der Waals surface area contributed by atoms with Gasteiger partial charge in [-0.25, -0.2) is 9.69 Å². The number of carbonyl (C=O) groups excluding carboxylic acids is 1. The van der Waals surface area contributed by atoms with Gasteiger partial charge >= 0.3 is 6.09 Å². The summed E-state index contributed by atoms with van der Waals surface area (Å²) in [6, 6.07) is 6.42. The van der Waals surface area contributed by atoms with Gasteiger partial charge in [0, 0.05) is 45.8 Å². The molecule has 1 aromatic carbocycles. The van der Waals surface area contributed by atoms with Gasteiger partial charge < -0.3 is 19.6 Å². The molecular formula is C25H38N4O4. The van der Waals surface area contributed by atoms with Gasteiger partial charge in [-0.05, 0) is 43.9 Å². The lowest BCUT2D eigenvalue weighted by atomic mass is 9.79. The van der Waals surface area contributed by atoms with Crippen LogP contribution in [0.1, 0.15) is 38.7 Å².